The van der Waals surface area contributed by atoms with Crippen molar-refractivity contribution >= 4 is 29.9 Å². The Morgan fingerprint density at radius 3 is 2.50 bits per heavy atom. The van der Waals surface area contributed by atoms with Crippen molar-refractivity contribution in [2.75, 3.05) is 6.54 Å². The lowest BCUT2D eigenvalue weighted by atomic mass is 10.1. The lowest BCUT2D eigenvalue weighted by Crippen LogP contribution is -2.34. The van der Waals surface area contributed by atoms with Crippen LogP contribution in [0.25, 0.3) is 0 Å². The summed E-state index contributed by atoms with van der Waals surface area (Å²) >= 11 is 0. The van der Waals surface area contributed by atoms with E-state index in [1.807, 2.05) is 12.1 Å². The predicted octanol–water partition coefficient (Wildman–Crippen LogP) is 2.24. The summed E-state index contributed by atoms with van der Waals surface area (Å²) in [6, 6.07) is 9.41. The fraction of sp³-hybridized carbons (Fsp3) is 0.385. The van der Waals surface area contributed by atoms with Gasteiger partial charge in [0.05, 0.1) is 18.2 Å². The standard InChI is InChI=1S/C13H18N4.HI/c1-10(2)8-16-13(15)17-9-12-5-3-11(7-14)4-6-12;/h3-6,10H,8-9H2,1-2H3,(H3,15,16,17);1H. The molecular weight excluding hydrogens is 339 g/mol. The minimum Gasteiger partial charge on any atom is -0.370 e. The molecule has 0 heterocycles. The third-order valence-corrected chi connectivity index (χ3v) is 2.21. The van der Waals surface area contributed by atoms with Crippen LogP contribution in [0, 0.1) is 17.2 Å². The number of benzene rings is 1. The Morgan fingerprint density at radius 2 is 2.00 bits per heavy atom. The highest BCUT2D eigenvalue weighted by molar-refractivity contribution is 14.0. The van der Waals surface area contributed by atoms with Gasteiger partial charge in [-0.05, 0) is 23.6 Å². The summed E-state index contributed by atoms with van der Waals surface area (Å²) in [7, 11) is 0. The van der Waals surface area contributed by atoms with Gasteiger partial charge in [0.15, 0.2) is 5.96 Å². The van der Waals surface area contributed by atoms with Gasteiger partial charge in [-0.2, -0.15) is 5.26 Å². The van der Waals surface area contributed by atoms with Crippen LogP contribution in [-0.4, -0.2) is 12.5 Å². The molecule has 3 N–H and O–H groups in total. The van der Waals surface area contributed by atoms with Crippen molar-refractivity contribution in [1.29, 1.82) is 5.26 Å². The Hall–Kier alpha value is -1.29. The zero-order valence-electron chi connectivity index (χ0n) is 10.7. The van der Waals surface area contributed by atoms with Gasteiger partial charge in [0.1, 0.15) is 0 Å². The summed E-state index contributed by atoms with van der Waals surface area (Å²) < 4.78 is 0. The zero-order chi connectivity index (χ0) is 12.7. The molecule has 1 rings (SSSR count). The van der Waals surface area contributed by atoms with E-state index < -0.39 is 0 Å². The zero-order valence-corrected chi connectivity index (χ0v) is 13.0. The molecule has 0 aromatic heterocycles. The fourth-order valence-electron chi connectivity index (χ4n) is 1.23. The van der Waals surface area contributed by atoms with Gasteiger partial charge < -0.3 is 11.1 Å². The third kappa shape index (κ3) is 6.45. The van der Waals surface area contributed by atoms with Crippen LogP contribution < -0.4 is 11.1 Å². The molecule has 0 aliphatic rings. The number of hydrogen-bond donors (Lipinski definition) is 2. The van der Waals surface area contributed by atoms with Crippen molar-refractivity contribution < 1.29 is 0 Å². The predicted molar refractivity (Wildman–Crippen MR) is 84.7 cm³/mol. The molecule has 98 valence electrons. The highest BCUT2D eigenvalue weighted by Crippen LogP contribution is 2.04. The quantitative estimate of drug-likeness (QED) is 0.493. The van der Waals surface area contributed by atoms with Crippen LogP contribution in [0.3, 0.4) is 0 Å². The first-order valence-corrected chi connectivity index (χ1v) is 5.64. The Morgan fingerprint density at radius 1 is 1.39 bits per heavy atom. The first-order valence-electron chi connectivity index (χ1n) is 5.64. The molecule has 0 atom stereocenters. The summed E-state index contributed by atoms with van der Waals surface area (Å²) in [5.41, 5.74) is 7.41. The average molecular weight is 358 g/mol. The molecule has 0 aliphatic heterocycles. The summed E-state index contributed by atoms with van der Waals surface area (Å²) in [6.45, 7) is 5.58. The number of aliphatic imine (C=N–C) groups is 1. The summed E-state index contributed by atoms with van der Waals surface area (Å²) in [5.74, 6) is 1.00. The van der Waals surface area contributed by atoms with Gasteiger partial charge in [-0.15, -0.1) is 24.0 Å². The Bertz CT molecular complexity index is 418. The highest BCUT2D eigenvalue weighted by Gasteiger charge is 1.96. The fourth-order valence-corrected chi connectivity index (χ4v) is 1.23. The molecule has 0 fully saturated rings. The molecule has 5 heteroatoms. The van der Waals surface area contributed by atoms with E-state index in [-0.39, 0.29) is 24.0 Å². The number of nitrogens with two attached hydrogens (primary N) is 1. The number of rotatable bonds is 4. The number of hydrogen-bond acceptors (Lipinski definition) is 2. The maximum Gasteiger partial charge on any atom is 0.188 e. The second-order valence-corrected chi connectivity index (χ2v) is 4.28. The molecule has 0 saturated carbocycles. The van der Waals surface area contributed by atoms with E-state index in [0.29, 0.717) is 24.0 Å². The highest BCUT2D eigenvalue weighted by atomic mass is 127. The first-order chi connectivity index (χ1) is 8.11. The molecule has 0 aliphatic carbocycles. The maximum atomic E-state index is 8.66. The van der Waals surface area contributed by atoms with E-state index in [9.17, 15) is 0 Å². The topological polar surface area (TPSA) is 74.2 Å². The van der Waals surface area contributed by atoms with E-state index in [0.717, 1.165) is 12.1 Å². The van der Waals surface area contributed by atoms with Crippen LogP contribution >= 0.6 is 24.0 Å². The Labute approximate surface area is 125 Å². The first kappa shape index (κ1) is 16.7. The van der Waals surface area contributed by atoms with Gasteiger partial charge in [0.25, 0.3) is 0 Å². The van der Waals surface area contributed by atoms with E-state index in [2.05, 4.69) is 30.2 Å². The van der Waals surface area contributed by atoms with Gasteiger partial charge in [0.2, 0.25) is 0 Å². The third-order valence-electron chi connectivity index (χ3n) is 2.21. The number of nitrogens with zero attached hydrogens (tertiary/aromatic N) is 2. The molecule has 0 saturated heterocycles. The van der Waals surface area contributed by atoms with Crippen molar-refractivity contribution in [1.82, 2.24) is 5.32 Å². The van der Waals surface area contributed by atoms with E-state index in [4.69, 9.17) is 11.0 Å². The van der Waals surface area contributed by atoms with Crippen molar-refractivity contribution in [3.63, 3.8) is 0 Å². The van der Waals surface area contributed by atoms with Crippen LogP contribution in [0.15, 0.2) is 29.3 Å². The molecule has 0 unspecified atom stereocenters. The molecule has 0 bridgehead atoms. The van der Waals surface area contributed by atoms with Gasteiger partial charge in [-0.25, -0.2) is 4.99 Å². The summed E-state index contributed by atoms with van der Waals surface area (Å²) in [4.78, 5) is 4.22. The van der Waals surface area contributed by atoms with E-state index in [1.54, 1.807) is 12.1 Å². The van der Waals surface area contributed by atoms with Crippen molar-refractivity contribution in [3.05, 3.63) is 35.4 Å². The Kier molecular flexibility index (Phi) is 8.12. The van der Waals surface area contributed by atoms with Crippen LogP contribution in [0.5, 0.6) is 0 Å². The molecule has 1 aromatic carbocycles. The largest absolute Gasteiger partial charge is 0.370 e. The van der Waals surface area contributed by atoms with Crippen molar-refractivity contribution in [2.24, 2.45) is 16.6 Å². The monoisotopic (exact) mass is 358 g/mol. The van der Waals surface area contributed by atoms with E-state index in [1.165, 1.54) is 0 Å². The molecule has 18 heavy (non-hydrogen) atoms. The number of nitrogens with one attached hydrogen (secondary N) is 1. The number of guanidine groups is 1. The smallest absolute Gasteiger partial charge is 0.188 e. The number of nitriles is 1. The minimum absolute atomic E-state index is 0. The summed E-state index contributed by atoms with van der Waals surface area (Å²) in [6.07, 6.45) is 0. The van der Waals surface area contributed by atoms with Gasteiger partial charge >= 0.3 is 0 Å². The molecule has 0 radical (unpaired) electrons. The molecule has 0 amide bonds. The van der Waals surface area contributed by atoms with E-state index >= 15 is 0 Å². The Balaban J connectivity index is 0.00000289. The number of halogens is 1. The second-order valence-electron chi connectivity index (χ2n) is 4.28. The van der Waals surface area contributed by atoms with Crippen LogP contribution in [0.1, 0.15) is 25.0 Å². The van der Waals surface area contributed by atoms with Gasteiger partial charge in [-0.1, -0.05) is 26.0 Å². The van der Waals surface area contributed by atoms with Gasteiger partial charge in [0, 0.05) is 6.54 Å². The molecular formula is C13H19IN4. The van der Waals surface area contributed by atoms with Crippen LogP contribution in [0.2, 0.25) is 0 Å². The molecule has 0 spiro atoms. The van der Waals surface area contributed by atoms with Crippen LogP contribution in [0.4, 0.5) is 0 Å². The van der Waals surface area contributed by atoms with Gasteiger partial charge in [-0.3, -0.25) is 0 Å². The van der Waals surface area contributed by atoms with Crippen molar-refractivity contribution in [2.45, 2.75) is 20.4 Å². The minimum atomic E-state index is 0. The molecule has 1 aromatic rings. The SMILES string of the molecule is CC(C)CNC(N)=NCc1ccc(C#N)cc1.I. The van der Waals surface area contributed by atoms with Crippen molar-refractivity contribution in [3.8, 4) is 6.07 Å². The lowest BCUT2D eigenvalue weighted by molar-refractivity contribution is 0.622. The normalized spacial score (nSPS) is 10.7. The lowest BCUT2D eigenvalue weighted by Gasteiger charge is -2.07. The maximum absolute atomic E-state index is 8.66. The summed E-state index contributed by atoms with van der Waals surface area (Å²) in [5, 5.41) is 11.7. The van der Waals surface area contributed by atoms with Crippen LogP contribution in [-0.2, 0) is 6.54 Å². The second kappa shape index (κ2) is 8.75. The molecule has 4 nitrogen and oxygen atoms in total. The average Bonchev–Trinajstić information content (AvgIpc) is 2.34.